The number of thiophene rings is 1. The summed E-state index contributed by atoms with van der Waals surface area (Å²) in [5.41, 5.74) is 10.7. The molecule has 11 rings (SSSR count). The maximum atomic E-state index is 9.81. The Morgan fingerprint density at radius 1 is 0.397 bits per heavy atom. The highest BCUT2D eigenvalue weighted by Crippen LogP contribution is 2.40. The number of benzene rings is 8. The normalized spacial score (nSPS) is 11.4. The van der Waals surface area contributed by atoms with E-state index in [1.165, 1.54) is 30.9 Å². The van der Waals surface area contributed by atoms with E-state index >= 15 is 0 Å². The minimum absolute atomic E-state index is 0.500. The molecule has 0 unspecified atom stereocenters. The molecule has 0 aliphatic heterocycles. The Balaban J connectivity index is 1.11. The fourth-order valence-corrected chi connectivity index (χ4v) is 9.28. The minimum Gasteiger partial charge on any atom is -0.309 e. The predicted octanol–water partition coefficient (Wildman–Crippen LogP) is 13.5. The molecule has 0 aliphatic rings. The van der Waals surface area contributed by atoms with Gasteiger partial charge in [-0.1, -0.05) is 140 Å². The van der Waals surface area contributed by atoms with Crippen LogP contribution in [0.25, 0.3) is 104 Å². The van der Waals surface area contributed by atoms with Gasteiger partial charge in [0.05, 0.1) is 28.4 Å². The topological polar surface area (TPSA) is 67.4 Å². The van der Waals surface area contributed by atoms with E-state index in [0.29, 0.717) is 23.0 Å². The molecule has 5 nitrogen and oxygen atoms in total. The van der Waals surface area contributed by atoms with Gasteiger partial charge in [-0.15, -0.1) is 11.3 Å². The number of hydrogen-bond acceptors (Lipinski definition) is 5. The van der Waals surface area contributed by atoms with Crippen molar-refractivity contribution in [1.82, 2.24) is 19.5 Å². The SMILES string of the molecule is N#Cc1cccc(-c2nc(-c3cccc(-c4ccc5c(c4)sc4ccccc45)c3)nc(-c3ccc(-c4ccccc4)c(-n4c5ccccc5c5ccccc54)c3)n2)c1. The van der Waals surface area contributed by atoms with Crippen LogP contribution in [0.3, 0.4) is 0 Å². The lowest BCUT2D eigenvalue weighted by molar-refractivity contribution is 1.07. The molecule has 0 saturated heterocycles. The molecule has 0 amide bonds. The molecule has 3 heterocycles. The van der Waals surface area contributed by atoms with Crippen molar-refractivity contribution >= 4 is 53.3 Å². The summed E-state index contributed by atoms with van der Waals surface area (Å²) in [6.45, 7) is 0. The van der Waals surface area contributed by atoms with E-state index in [1.54, 1.807) is 6.07 Å². The van der Waals surface area contributed by atoms with Crippen LogP contribution >= 0.6 is 11.3 Å². The lowest BCUT2D eigenvalue weighted by Crippen LogP contribution is -2.02. The zero-order valence-electron chi connectivity index (χ0n) is 31.0. The maximum Gasteiger partial charge on any atom is 0.164 e. The van der Waals surface area contributed by atoms with Crippen molar-refractivity contribution in [3.8, 4) is 68.2 Å². The van der Waals surface area contributed by atoms with Crippen LogP contribution in [-0.4, -0.2) is 19.5 Å². The summed E-state index contributed by atoms with van der Waals surface area (Å²) in [6.07, 6.45) is 0. The summed E-state index contributed by atoms with van der Waals surface area (Å²) >= 11 is 1.82. The number of nitriles is 1. The third kappa shape index (κ3) is 5.73. The van der Waals surface area contributed by atoms with Gasteiger partial charge in [0.15, 0.2) is 17.5 Å². The van der Waals surface area contributed by atoms with Gasteiger partial charge in [0.1, 0.15) is 0 Å². The highest BCUT2D eigenvalue weighted by atomic mass is 32.1. The van der Waals surface area contributed by atoms with Crippen molar-refractivity contribution in [2.24, 2.45) is 0 Å². The van der Waals surface area contributed by atoms with Crippen molar-refractivity contribution in [3.05, 3.63) is 194 Å². The van der Waals surface area contributed by atoms with Gasteiger partial charge in [-0.25, -0.2) is 15.0 Å². The van der Waals surface area contributed by atoms with Crippen molar-refractivity contribution in [2.75, 3.05) is 0 Å². The van der Waals surface area contributed by atoms with Gasteiger partial charge < -0.3 is 4.57 Å². The monoisotopic (exact) mass is 757 g/mol. The molecule has 0 bridgehead atoms. The van der Waals surface area contributed by atoms with Gasteiger partial charge in [0.25, 0.3) is 0 Å². The molecular weight excluding hydrogens is 727 g/mol. The highest BCUT2D eigenvalue weighted by molar-refractivity contribution is 7.25. The summed E-state index contributed by atoms with van der Waals surface area (Å²) in [7, 11) is 0. The van der Waals surface area contributed by atoms with Crippen molar-refractivity contribution in [1.29, 1.82) is 5.26 Å². The zero-order chi connectivity index (χ0) is 38.6. The predicted molar refractivity (Wildman–Crippen MR) is 239 cm³/mol. The summed E-state index contributed by atoms with van der Waals surface area (Å²) < 4.78 is 4.89. The number of fused-ring (bicyclic) bond motifs is 6. The molecule has 58 heavy (non-hydrogen) atoms. The van der Waals surface area contributed by atoms with Gasteiger partial charge >= 0.3 is 0 Å². The second-order valence-corrected chi connectivity index (χ2v) is 15.4. The second kappa shape index (κ2) is 13.8. The zero-order valence-corrected chi connectivity index (χ0v) is 31.9. The molecule has 0 N–H and O–H groups in total. The highest BCUT2D eigenvalue weighted by Gasteiger charge is 2.19. The van der Waals surface area contributed by atoms with E-state index < -0.39 is 0 Å². The van der Waals surface area contributed by atoms with E-state index in [1.807, 2.05) is 35.6 Å². The van der Waals surface area contributed by atoms with Gasteiger partial charge in [-0.05, 0) is 65.2 Å². The van der Waals surface area contributed by atoms with Crippen LogP contribution in [-0.2, 0) is 0 Å². The number of para-hydroxylation sites is 2. The Labute approximate surface area is 338 Å². The van der Waals surface area contributed by atoms with Crippen LogP contribution < -0.4 is 0 Å². The summed E-state index contributed by atoms with van der Waals surface area (Å²) in [5.74, 6) is 1.60. The van der Waals surface area contributed by atoms with Gasteiger partial charge in [0, 0.05) is 53.2 Å². The molecule has 0 aliphatic carbocycles. The molecule has 0 atom stereocenters. The number of rotatable bonds is 6. The van der Waals surface area contributed by atoms with Gasteiger partial charge in [0.2, 0.25) is 0 Å². The number of hydrogen-bond donors (Lipinski definition) is 0. The molecule has 270 valence electrons. The third-order valence-electron chi connectivity index (χ3n) is 10.9. The van der Waals surface area contributed by atoms with Crippen LogP contribution in [0.5, 0.6) is 0 Å². The maximum absolute atomic E-state index is 9.81. The second-order valence-electron chi connectivity index (χ2n) is 14.4. The van der Waals surface area contributed by atoms with Crippen molar-refractivity contribution < 1.29 is 0 Å². The lowest BCUT2D eigenvalue weighted by Gasteiger charge is -2.16. The Morgan fingerprint density at radius 3 is 1.66 bits per heavy atom. The Bertz CT molecular complexity index is 3370. The smallest absolute Gasteiger partial charge is 0.164 e. The molecule has 0 fully saturated rings. The van der Waals surface area contributed by atoms with E-state index in [-0.39, 0.29) is 0 Å². The van der Waals surface area contributed by atoms with Crippen molar-refractivity contribution in [3.63, 3.8) is 0 Å². The van der Waals surface area contributed by atoms with Crippen LogP contribution in [0.15, 0.2) is 188 Å². The van der Waals surface area contributed by atoms with Crippen LogP contribution in [0, 0.1) is 11.3 Å². The lowest BCUT2D eigenvalue weighted by atomic mass is 10.00. The third-order valence-corrected chi connectivity index (χ3v) is 12.0. The Morgan fingerprint density at radius 2 is 0.931 bits per heavy atom. The van der Waals surface area contributed by atoms with E-state index in [0.717, 1.165) is 55.7 Å². The Kier molecular flexibility index (Phi) is 7.99. The number of nitrogens with zero attached hydrogens (tertiary/aromatic N) is 5. The minimum atomic E-state index is 0.500. The van der Waals surface area contributed by atoms with Crippen LogP contribution in [0.2, 0.25) is 0 Å². The molecule has 11 aromatic rings. The average Bonchev–Trinajstić information content (AvgIpc) is 3.84. The number of aromatic nitrogens is 4. The van der Waals surface area contributed by atoms with Crippen LogP contribution in [0.1, 0.15) is 5.56 Å². The van der Waals surface area contributed by atoms with Crippen LogP contribution in [0.4, 0.5) is 0 Å². The fourth-order valence-electron chi connectivity index (χ4n) is 8.13. The van der Waals surface area contributed by atoms with Gasteiger partial charge in [-0.3, -0.25) is 0 Å². The van der Waals surface area contributed by atoms with E-state index in [9.17, 15) is 5.26 Å². The first kappa shape index (κ1) is 33.6. The first-order valence-electron chi connectivity index (χ1n) is 19.2. The van der Waals surface area contributed by atoms with E-state index in [4.69, 9.17) is 15.0 Å². The Hall–Kier alpha value is -7.72. The first-order chi connectivity index (χ1) is 28.7. The molecule has 0 radical (unpaired) electrons. The van der Waals surface area contributed by atoms with Crippen molar-refractivity contribution in [2.45, 2.75) is 0 Å². The molecule has 0 spiro atoms. The first-order valence-corrected chi connectivity index (χ1v) is 20.0. The molecular formula is C52H31N5S. The summed E-state index contributed by atoms with van der Waals surface area (Å²) in [5, 5.41) is 14.7. The summed E-state index contributed by atoms with van der Waals surface area (Å²) in [4.78, 5) is 15.4. The largest absolute Gasteiger partial charge is 0.309 e. The van der Waals surface area contributed by atoms with Gasteiger partial charge in [-0.2, -0.15) is 5.26 Å². The average molecular weight is 758 g/mol. The molecule has 8 aromatic carbocycles. The molecule has 6 heteroatoms. The molecule has 3 aromatic heterocycles. The van der Waals surface area contributed by atoms with E-state index in [2.05, 4.69) is 168 Å². The molecule has 0 saturated carbocycles. The quantitative estimate of drug-likeness (QED) is 0.169. The fraction of sp³-hybridized carbons (Fsp3) is 0. The summed E-state index contributed by atoms with van der Waals surface area (Å²) in [6, 6.07) is 67.5. The standard InChI is InChI=1S/C52H31N5S/c53-32-33-12-10-16-37(28-33)50-54-51(38-17-11-15-35(29-38)36-24-27-44-43-20-6-9-23-48(43)58-49(44)31-36)56-52(55-50)39-25-26-40(34-13-2-1-3-14-34)47(30-39)57-45-21-7-4-18-41(45)42-19-5-8-22-46(42)57/h1-31H.